The van der Waals surface area contributed by atoms with E-state index in [1.165, 1.54) is 20.3 Å². The van der Waals surface area contributed by atoms with Crippen LogP contribution in [0, 0.1) is 0 Å². The molecule has 8 heteroatoms. The predicted octanol–water partition coefficient (Wildman–Crippen LogP) is 1.88. The predicted molar refractivity (Wildman–Crippen MR) is 87.6 cm³/mol. The van der Waals surface area contributed by atoms with Gasteiger partial charge in [0.15, 0.2) is 0 Å². The number of halogens is 1. The molecular weight excluding hydrogens is 366 g/mol. The average molecular weight is 382 g/mol. The van der Waals surface area contributed by atoms with Gasteiger partial charge in [0.2, 0.25) is 0 Å². The van der Waals surface area contributed by atoms with E-state index in [1.807, 2.05) is 0 Å². The molecule has 2 aromatic rings. The van der Waals surface area contributed by atoms with E-state index in [9.17, 15) is 9.59 Å². The fourth-order valence-corrected chi connectivity index (χ4v) is 2.51. The maximum atomic E-state index is 12.2. The molecule has 0 radical (unpaired) electrons. The van der Waals surface area contributed by atoms with Crippen LogP contribution in [0.15, 0.2) is 34.9 Å². The molecule has 0 saturated heterocycles. The molecule has 122 valence electrons. The highest BCUT2D eigenvalue weighted by atomic mass is 79.9. The van der Waals surface area contributed by atoms with E-state index in [0.29, 0.717) is 17.2 Å². The Morgan fingerprint density at radius 3 is 2.35 bits per heavy atom. The minimum Gasteiger partial charge on any atom is -0.497 e. The second kappa shape index (κ2) is 7.19. The summed E-state index contributed by atoms with van der Waals surface area (Å²) in [6.07, 6.45) is 1.74. The minimum absolute atomic E-state index is 0.250. The molecule has 0 atom stereocenters. The number of benzene rings is 1. The second-order valence-corrected chi connectivity index (χ2v) is 5.54. The Morgan fingerprint density at radius 2 is 1.78 bits per heavy atom. The van der Waals surface area contributed by atoms with Crippen LogP contribution in [0.3, 0.4) is 0 Å². The summed E-state index contributed by atoms with van der Waals surface area (Å²) in [4.78, 5) is 24.3. The Balaban J connectivity index is 2.10. The van der Waals surface area contributed by atoms with Crippen molar-refractivity contribution in [1.82, 2.24) is 15.4 Å². The number of carbonyl (C=O) groups is 2. The molecule has 0 saturated carbocycles. The van der Waals surface area contributed by atoms with Gasteiger partial charge in [0, 0.05) is 17.7 Å². The van der Waals surface area contributed by atoms with Gasteiger partial charge in [-0.15, -0.1) is 0 Å². The first-order chi connectivity index (χ1) is 11.0. The zero-order chi connectivity index (χ0) is 17.0. The molecule has 2 amide bonds. The molecule has 2 N–H and O–H groups in total. The lowest BCUT2D eigenvalue weighted by molar-refractivity contribution is 0.0840. The third-order valence-electron chi connectivity index (χ3n) is 3.15. The van der Waals surface area contributed by atoms with Crippen molar-refractivity contribution in [3.05, 3.63) is 46.2 Å². The van der Waals surface area contributed by atoms with Crippen LogP contribution in [0.5, 0.6) is 11.5 Å². The first kappa shape index (κ1) is 16.9. The lowest BCUT2D eigenvalue weighted by Gasteiger charge is -2.11. The number of rotatable bonds is 4. The highest BCUT2D eigenvalue weighted by molar-refractivity contribution is 9.10. The summed E-state index contributed by atoms with van der Waals surface area (Å²) in [6.45, 7) is 0. The standard InChI is InChI=1S/C15H16BrN3O4/c1-19-8-9(16)6-12(19)15(21)18-17-14(20)11-7-10(22-2)4-5-13(11)23-3/h4-8H,1-3H3,(H,17,20)(H,18,21). The number of methoxy groups -OCH3 is 2. The Kier molecular flexibility index (Phi) is 5.28. The molecule has 0 aliphatic heterocycles. The number of ether oxygens (including phenoxy) is 2. The number of amides is 2. The molecule has 23 heavy (non-hydrogen) atoms. The first-order valence-electron chi connectivity index (χ1n) is 6.61. The van der Waals surface area contributed by atoms with Gasteiger partial charge >= 0.3 is 0 Å². The highest BCUT2D eigenvalue weighted by Gasteiger charge is 2.16. The van der Waals surface area contributed by atoms with Gasteiger partial charge in [-0.05, 0) is 40.2 Å². The fraction of sp³-hybridized carbons (Fsp3) is 0.200. The molecule has 0 fully saturated rings. The summed E-state index contributed by atoms with van der Waals surface area (Å²) in [5, 5.41) is 0. The van der Waals surface area contributed by atoms with Gasteiger partial charge in [-0.2, -0.15) is 0 Å². The molecule has 0 aliphatic carbocycles. The number of nitrogens with one attached hydrogen (secondary N) is 2. The van der Waals surface area contributed by atoms with Gasteiger partial charge in [0.1, 0.15) is 17.2 Å². The van der Waals surface area contributed by atoms with Crippen molar-refractivity contribution in [2.24, 2.45) is 7.05 Å². The van der Waals surface area contributed by atoms with Crippen LogP contribution >= 0.6 is 15.9 Å². The zero-order valence-corrected chi connectivity index (χ0v) is 14.4. The van der Waals surface area contributed by atoms with Gasteiger partial charge in [0.05, 0.1) is 19.8 Å². The molecule has 0 aliphatic rings. The normalized spacial score (nSPS) is 10.1. The van der Waals surface area contributed by atoms with Gasteiger partial charge in [0.25, 0.3) is 11.8 Å². The Bertz CT molecular complexity index is 742. The maximum Gasteiger partial charge on any atom is 0.286 e. The van der Waals surface area contributed by atoms with Crippen LogP contribution < -0.4 is 20.3 Å². The van der Waals surface area contributed by atoms with Crippen molar-refractivity contribution in [2.45, 2.75) is 0 Å². The molecular formula is C15H16BrN3O4. The van der Waals surface area contributed by atoms with E-state index in [-0.39, 0.29) is 5.56 Å². The number of aromatic nitrogens is 1. The van der Waals surface area contributed by atoms with E-state index in [2.05, 4.69) is 26.8 Å². The van der Waals surface area contributed by atoms with Gasteiger partial charge in [-0.3, -0.25) is 20.4 Å². The SMILES string of the molecule is COc1ccc(OC)c(C(=O)NNC(=O)c2cc(Br)cn2C)c1. The Hall–Kier alpha value is -2.48. The van der Waals surface area contributed by atoms with Crippen LogP contribution in [0.1, 0.15) is 20.8 Å². The Morgan fingerprint density at radius 1 is 1.09 bits per heavy atom. The molecule has 1 heterocycles. The quantitative estimate of drug-likeness (QED) is 0.792. The van der Waals surface area contributed by atoms with Gasteiger partial charge < -0.3 is 14.0 Å². The maximum absolute atomic E-state index is 12.2. The second-order valence-electron chi connectivity index (χ2n) is 4.63. The van der Waals surface area contributed by atoms with E-state index in [0.717, 1.165) is 4.47 Å². The van der Waals surface area contributed by atoms with Crippen molar-refractivity contribution in [1.29, 1.82) is 0 Å². The summed E-state index contributed by atoms with van der Waals surface area (Å²) in [5.41, 5.74) is 5.37. The van der Waals surface area contributed by atoms with E-state index < -0.39 is 11.8 Å². The van der Waals surface area contributed by atoms with Gasteiger partial charge in [-0.25, -0.2) is 0 Å². The summed E-state index contributed by atoms with van der Waals surface area (Å²) >= 11 is 3.28. The topological polar surface area (TPSA) is 81.6 Å². The van der Waals surface area contributed by atoms with E-state index in [4.69, 9.17) is 9.47 Å². The first-order valence-corrected chi connectivity index (χ1v) is 7.40. The van der Waals surface area contributed by atoms with Crippen molar-refractivity contribution >= 4 is 27.7 Å². The lowest BCUT2D eigenvalue weighted by Crippen LogP contribution is -2.42. The van der Waals surface area contributed by atoms with Crippen LogP contribution in [-0.4, -0.2) is 30.6 Å². The smallest absolute Gasteiger partial charge is 0.286 e. The summed E-state index contributed by atoms with van der Waals surface area (Å²) < 4.78 is 12.6. The molecule has 7 nitrogen and oxygen atoms in total. The fourth-order valence-electron chi connectivity index (χ4n) is 1.99. The molecule has 0 unspecified atom stereocenters. The number of carbonyl (C=O) groups excluding carboxylic acids is 2. The van der Waals surface area contributed by atoms with Crippen LogP contribution in [0.2, 0.25) is 0 Å². The number of hydrazine groups is 1. The third-order valence-corrected chi connectivity index (χ3v) is 3.58. The molecule has 0 spiro atoms. The Labute approximate surface area is 141 Å². The summed E-state index contributed by atoms with van der Waals surface area (Å²) in [5.74, 6) is -0.0661. The summed E-state index contributed by atoms with van der Waals surface area (Å²) in [6, 6.07) is 6.46. The highest BCUT2D eigenvalue weighted by Crippen LogP contribution is 2.23. The van der Waals surface area contributed by atoms with Crippen molar-refractivity contribution in [3.8, 4) is 11.5 Å². The zero-order valence-electron chi connectivity index (χ0n) is 12.8. The number of nitrogens with zero attached hydrogens (tertiary/aromatic N) is 1. The molecule has 2 rings (SSSR count). The molecule has 1 aromatic heterocycles. The largest absolute Gasteiger partial charge is 0.497 e. The third kappa shape index (κ3) is 3.84. The van der Waals surface area contributed by atoms with Crippen molar-refractivity contribution in [2.75, 3.05) is 14.2 Å². The average Bonchev–Trinajstić information content (AvgIpc) is 2.90. The number of hydrogen-bond acceptors (Lipinski definition) is 4. The van der Waals surface area contributed by atoms with Crippen molar-refractivity contribution < 1.29 is 19.1 Å². The van der Waals surface area contributed by atoms with Crippen molar-refractivity contribution in [3.63, 3.8) is 0 Å². The number of aryl methyl sites for hydroxylation is 1. The van der Waals surface area contributed by atoms with E-state index in [1.54, 1.807) is 36.0 Å². The lowest BCUT2D eigenvalue weighted by atomic mass is 10.2. The van der Waals surface area contributed by atoms with Crippen LogP contribution in [-0.2, 0) is 7.05 Å². The van der Waals surface area contributed by atoms with Crippen LogP contribution in [0.25, 0.3) is 0 Å². The van der Waals surface area contributed by atoms with Gasteiger partial charge in [-0.1, -0.05) is 0 Å². The minimum atomic E-state index is -0.512. The monoisotopic (exact) mass is 381 g/mol. The van der Waals surface area contributed by atoms with E-state index >= 15 is 0 Å². The number of hydrogen-bond donors (Lipinski definition) is 2. The molecule has 1 aromatic carbocycles. The molecule has 0 bridgehead atoms. The summed E-state index contributed by atoms with van der Waals surface area (Å²) in [7, 11) is 4.68. The van der Waals surface area contributed by atoms with Crippen LogP contribution in [0.4, 0.5) is 0 Å².